The molecule has 0 aliphatic rings. The van der Waals surface area contributed by atoms with Crippen LogP contribution in [0.5, 0.6) is 5.88 Å². The molecule has 0 bridgehead atoms. The van der Waals surface area contributed by atoms with Crippen LogP contribution in [0.4, 0.5) is 5.95 Å². The lowest BCUT2D eigenvalue weighted by molar-refractivity contribution is 0.326. The third kappa shape index (κ3) is 3.85. The van der Waals surface area contributed by atoms with Gasteiger partial charge in [0.2, 0.25) is 11.8 Å². The van der Waals surface area contributed by atoms with E-state index in [0.29, 0.717) is 30.2 Å². The maximum atomic E-state index is 5.86. The molecular weight excluding hydrogens is 226 g/mol. The van der Waals surface area contributed by atoms with Gasteiger partial charge < -0.3 is 10.1 Å². The number of hydrogen-bond donors (Lipinski definition) is 1. The number of ether oxygens (including phenoxy) is 1. The van der Waals surface area contributed by atoms with E-state index in [2.05, 4.69) is 29.1 Å². The van der Waals surface area contributed by atoms with Gasteiger partial charge in [0.25, 0.3) is 0 Å². The van der Waals surface area contributed by atoms with Gasteiger partial charge in [-0.05, 0) is 12.8 Å². The lowest BCUT2D eigenvalue weighted by atomic mass is 10.1. The summed E-state index contributed by atoms with van der Waals surface area (Å²) in [7, 11) is 0. The summed E-state index contributed by atoms with van der Waals surface area (Å²) < 4.78 is 5.30. The van der Waals surface area contributed by atoms with Gasteiger partial charge in [0.05, 0.1) is 6.61 Å². The Balaban J connectivity index is 2.68. The molecule has 1 unspecified atom stereocenters. The van der Waals surface area contributed by atoms with Gasteiger partial charge >= 0.3 is 0 Å². The summed E-state index contributed by atoms with van der Waals surface area (Å²) in [6, 6.07) is 1.90. The second-order valence-corrected chi connectivity index (χ2v) is 4.11. The molecule has 1 aromatic rings. The van der Waals surface area contributed by atoms with Crippen molar-refractivity contribution in [3.63, 3.8) is 0 Å². The minimum Gasteiger partial charge on any atom is -0.478 e. The van der Waals surface area contributed by atoms with Gasteiger partial charge in [-0.2, -0.15) is 4.98 Å². The van der Waals surface area contributed by atoms with E-state index >= 15 is 0 Å². The molecule has 0 aromatic carbocycles. The van der Waals surface area contributed by atoms with Gasteiger partial charge in [-0.25, -0.2) is 4.98 Å². The molecule has 0 spiro atoms. The zero-order valence-corrected chi connectivity index (χ0v) is 10.7. The molecule has 0 saturated heterocycles. The largest absolute Gasteiger partial charge is 0.478 e. The van der Waals surface area contributed by atoms with E-state index in [9.17, 15) is 0 Å². The summed E-state index contributed by atoms with van der Waals surface area (Å²) in [4.78, 5) is 8.36. The Labute approximate surface area is 101 Å². The summed E-state index contributed by atoms with van der Waals surface area (Å²) in [5.41, 5.74) is 0. The van der Waals surface area contributed by atoms with Crippen molar-refractivity contribution in [1.82, 2.24) is 9.97 Å². The molecular formula is C11H18ClN3O. The molecule has 5 heteroatoms. The number of hydrogen-bond acceptors (Lipinski definition) is 4. The Kier molecular flexibility index (Phi) is 5.32. The summed E-state index contributed by atoms with van der Waals surface area (Å²) in [6.45, 7) is 6.73. The Bertz CT molecular complexity index is 320. The number of rotatable bonds is 6. The molecule has 1 rings (SSSR count). The van der Waals surface area contributed by atoms with Gasteiger partial charge in [-0.1, -0.05) is 13.8 Å². The highest BCUT2D eigenvalue weighted by Crippen LogP contribution is 2.13. The zero-order valence-electron chi connectivity index (χ0n) is 9.90. The molecule has 0 fully saturated rings. The SMILES string of the molecule is CCOc1ccnc(NC(CCl)C(C)C)n1. The number of alkyl halides is 1. The highest BCUT2D eigenvalue weighted by molar-refractivity contribution is 6.18. The number of anilines is 1. The minimum atomic E-state index is 0.165. The van der Waals surface area contributed by atoms with Crippen LogP contribution >= 0.6 is 11.6 Å². The lowest BCUT2D eigenvalue weighted by Crippen LogP contribution is -2.28. The van der Waals surface area contributed by atoms with E-state index in [1.807, 2.05) is 6.92 Å². The molecule has 1 heterocycles. The van der Waals surface area contributed by atoms with Crippen molar-refractivity contribution in [1.29, 1.82) is 0 Å². The van der Waals surface area contributed by atoms with E-state index in [1.54, 1.807) is 12.3 Å². The van der Waals surface area contributed by atoms with Crippen LogP contribution in [0.2, 0.25) is 0 Å². The topological polar surface area (TPSA) is 47.0 Å². The molecule has 1 N–H and O–H groups in total. The predicted octanol–water partition coefficient (Wildman–Crippen LogP) is 2.55. The smallest absolute Gasteiger partial charge is 0.226 e. The second-order valence-electron chi connectivity index (χ2n) is 3.80. The fourth-order valence-corrected chi connectivity index (χ4v) is 1.62. The van der Waals surface area contributed by atoms with Crippen LogP contribution in [0.3, 0.4) is 0 Å². The third-order valence-corrected chi connectivity index (χ3v) is 2.54. The Morgan fingerprint density at radius 1 is 1.50 bits per heavy atom. The summed E-state index contributed by atoms with van der Waals surface area (Å²) in [5.74, 6) is 2.10. The molecule has 0 amide bonds. The van der Waals surface area contributed by atoms with E-state index in [0.717, 1.165) is 0 Å². The van der Waals surface area contributed by atoms with Gasteiger partial charge in [-0.3, -0.25) is 0 Å². The third-order valence-electron chi connectivity index (χ3n) is 2.21. The molecule has 1 atom stereocenters. The molecule has 1 aromatic heterocycles. The van der Waals surface area contributed by atoms with Crippen molar-refractivity contribution >= 4 is 17.5 Å². The van der Waals surface area contributed by atoms with Gasteiger partial charge in [0.15, 0.2) is 0 Å². The van der Waals surface area contributed by atoms with Gasteiger partial charge in [0, 0.05) is 24.2 Å². The van der Waals surface area contributed by atoms with E-state index < -0.39 is 0 Å². The first-order valence-electron chi connectivity index (χ1n) is 5.45. The summed E-state index contributed by atoms with van der Waals surface area (Å²) in [6.07, 6.45) is 1.67. The average Bonchev–Trinajstić information content (AvgIpc) is 2.26. The minimum absolute atomic E-state index is 0.165. The van der Waals surface area contributed by atoms with Gasteiger partial charge in [-0.15, -0.1) is 11.6 Å². The number of halogens is 1. The van der Waals surface area contributed by atoms with Crippen molar-refractivity contribution in [3.8, 4) is 5.88 Å². The van der Waals surface area contributed by atoms with Crippen LogP contribution in [-0.4, -0.2) is 28.5 Å². The molecule has 90 valence electrons. The predicted molar refractivity (Wildman–Crippen MR) is 66.2 cm³/mol. The summed E-state index contributed by atoms with van der Waals surface area (Å²) in [5, 5.41) is 3.19. The van der Waals surface area contributed by atoms with Crippen molar-refractivity contribution in [2.75, 3.05) is 17.8 Å². The van der Waals surface area contributed by atoms with Crippen LogP contribution in [0.1, 0.15) is 20.8 Å². The molecule has 0 aliphatic carbocycles. The Hall–Kier alpha value is -1.03. The zero-order chi connectivity index (χ0) is 12.0. The first kappa shape index (κ1) is 13.0. The van der Waals surface area contributed by atoms with E-state index in [-0.39, 0.29) is 6.04 Å². The van der Waals surface area contributed by atoms with Crippen LogP contribution < -0.4 is 10.1 Å². The van der Waals surface area contributed by atoms with Crippen LogP contribution in [0.25, 0.3) is 0 Å². The lowest BCUT2D eigenvalue weighted by Gasteiger charge is -2.19. The molecule has 0 saturated carbocycles. The number of nitrogens with zero attached hydrogens (tertiary/aromatic N) is 2. The monoisotopic (exact) mass is 243 g/mol. The first-order valence-corrected chi connectivity index (χ1v) is 5.99. The van der Waals surface area contributed by atoms with E-state index in [4.69, 9.17) is 16.3 Å². The Morgan fingerprint density at radius 2 is 2.25 bits per heavy atom. The number of aromatic nitrogens is 2. The highest BCUT2D eigenvalue weighted by Gasteiger charge is 2.13. The molecule has 16 heavy (non-hydrogen) atoms. The Morgan fingerprint density at radius 3 is 2.81 bits per heavy atom. The maximum absolute atomic E-state index is 5.86. The highest BCUT2D eigenvalue weighted by atomic mass is 35.5. The molecule has 4 nitrogen and oxygen atoms in total. The first-order chi connectivity index (χ1) is 7.67. The van der Waals surface area contributed by atoms with Crippen molar-refractivity contribution in [3.05, 3.63) is 12.3 Å². The maximum Gasteiger partial charge on any atom is 0.226 e. The quantitative estimate of drug-likeness (QED) is 0.780. The average molecular weight is 244 g/mol. The van der Waals surface area contributed by atoms with Crippen LogP contribution in [0.15, 0.2) is 12.3 Å². The standard InChI is InChI=1S/C11H18ClN3O/c1-4-16-10-5-6-13-11(15-10)14-9(7-12)8(2)3/h5-6,8-9H,4,7H2,1-3H3,(H,13,14,15). The van der Waals surface area contributed by atoms with Crippen LogP contribution in [-0.2, 0) is 0 Å². The summed E-state index contributed by atoms with van der Waals surface area (Å²) >= 11 is 5.86. The fraction of sp³-hybridized carbons (Fsp3) is 0.636. The van der Waals surface area contributed by atoms with Crippen molar-refractivity contribution in [2.24, 2.45) is 5.92 Å². The van der Waals surface area contributed by atoms with Crippen molar-refractivity contribution < 1.29 is 4.74 Å². The van der Waals surface area contributed by atoms with Crippen molar-refractivity contribution in [2.45, 2.75) is 26.8 Å². The fourth-order valence-electron chi connectivity index (χ4n) is 1.19. The van der Waals surface area contributed by atoms with Gasteiger partial charge in [0.1, 0.15) is 0 Å². The number of nitrogens with one attached hydrogen (secondary N) is 1. The second kappa shape index (κ2) is 6.53. The normalized spacial score (nSPS) is 12.6. The van der Waals surface area contributed by atoms with E-state index in [1.165, 1.54) is 0 Å². The molecule has 0 radical (unpaired) electrons. The van der Waals surface area contributed by atoms with Crippen LogP contribution in [0, 0.1) is 5.92 Å². The molecule has 0 aliphatic heterocycles.